The number of nitrogens with one attached hydrogen (secondary N) is 1. The van der Waals surface area contributed by atoms with Crippen LogP contribution < -0.4 is 0 Å². The van der Waals surface area contributed by atoms with Crippen LogP contribution in [0.1, 0.15) is 12.0 Å². The van der Waals surface area contributed by atoms with E-state index in [2.05, 4.69) is 28.2 Å². The lowest BCUT2D eigenvalue weighted by molar-refractivity contribution is -0.136. The Balaban J connectivity index is 1.80. The second-order valence-electron chi connectivity index (χ2n) is 5.60. The molecule has 5 heteroatoms. The number of fused-ring (bicyclic) bond motifs is 3. The number of H-pyrrole nitrogens is 1. The molecule has 2 heterocycles. The van der Waals surface area contributed by atoms with Crippen LogP contribution in [0.15, 0.2) is 55.1 Å². The van der Waals surface area contributed by atoms with Gasteiger partial charge in [-0.3, -0.25) is 4.79 Å². The van der Waals surface area contributed by atoms with Crippen LogP contribution in [0.4, 0.5) is 0 Å². The molecule has 0 bridgehead atoms. The van der Waals surface area contributed by atoms with E-state index in [-0.39, 0.29) is 6.42 Å². The molecule has 0 radical (unpaired) electrons. The lowest BCUT2D eigenvalue weighted by atomic mass is 10.1. The van der Waals surface area contributed by atoms with Gasteiger partial charge in [-0.2, -0.15) is 0 Å². The van der Waals surface area contributed by atoms with Crippen molar-refractivity contribution in [3.8, 4) is 5.69 Å². The highest BCUT2D eigenvalue weighted by Crippen LogP contribution is 2.28. The van der Waals surface area contributed by atoms with Crippen LogP contribution in [0.3, 0.4) is 0 Å². The molecule has 0 atom stereocenters. The molecule has 114 valence electrons. The minimum absolute atomic E-state index is 0.149. The summed E-state index contributed by atoms with van der Waals surface area (Å²) in [5.74, 6) is -0.772. The Morgan fingerprint density at radius 2 is 2.04 bits per heavy atom. The van der Waals surface area contributed by atoms with Crippen LogP contribution in [0.2, 0.25) is 0 Å². The summed E-state index contributed by atoms with van der Waals surface area (Å²) in [7, 11) is 0. The second kappa shape index (κ2) is 5.28. The van der Waals surface area contributed by atoms with E-state index in [9.17, 15) is 4.79 Å². The molecule has 0 aliphatic carbocycles. The van der Waals surface area contributed by atoms with Crippen molar-refractivity contribution in [2.45, 2.75) is 12.8 Å². The number of aliphatic carboxylic acids is 1. The lowest BCUT2D eigenvalue weighted by Gasteiger charge is -2.02. The minimum atomic E-state index is -0.772. The quantitative estimate of drug-likeness (QED) is 0.606. The SMILES string of the molecule is O=C(O)CCc1ccc2c(c1)[nH]c1ccc(-n3ccnc3)cc12. The molecular formula is C18H15N3O2. The zero-order valence-corrected chi connectivity index (χ0v) is 12.4. The van der Waals surface area contributed by atoms with E-state index in [1.165, 1.54) is 0 Å². The summed E-state index contributed by atoms with van der Waals surface area (Å²) in [5, 5.41) is 11.1. The number of carboxylic acid groups (broad SMARTS) is 1. The zero-order chi connectivity index (χ0) is 15.8. The number of carboxylic acids is 1. The predicted molar refractivity (Wildman–Crippen MR) is 88.9 cm³/mol. The number of aromatic nitrogens is 3. The summed E-state index contributed by atoms with van der Waals surface area (Å²) >= 11 is 0. The smallest absolute Gasteiger partial charge is 0.303 e. The molecule has 0 saturated carbocycles. The maximum absolute atomic E-state index is 10.7. The van der Waals surface area contributed by atoms with E-state index in [1.807, 2.05) is 29.0 Å². The third-order valence-corrected chi connectivity index (χ3v) is 4.08. The molecule has 4 rings (SSSR count). The summed E-state index contributed by atoms with van der Waals surface area (Å²) in [6.45, 7) is 0. The van der Waals surface area contributed by atoms with E-state index in [4.69, 9.17) is 5.11 Å². The van der Waals surface area contributed by atoms with E-state index in [1.54, 1.807) is 12.5 Å². The van der Waals surface area contributed by atoms with Crippen LogP contribution in [-0.4, -0.2) is 25.6 Å². The molecular weight excluding hydrogens is 290 g/mol. The van der Waals surface area contributed by atoms with Gasteiger partial charge in [0, 0.05) is 46.3 Å². The van der Waals surface area contributed by atoms with Gasteiger partial charge in [0.1, 0.15) is 0 Å². The topological polar surface area (TPSA) is 70.9 Å². The Morgan fingerprint density at radius 1 is 1.13 bits per heavy atom. The Morgan fingerprint density at radius 3 is 2.83 bits per heavy atom. The molecule has 0 unspecified atom stereocenters. The molecule has 0 saturated heterocycles. The third kappa shape index (κ3) is 2.46. The number of nitrogens with zero attached hydrogens (tertiary/aromatic N) is 2. The second-order valence-corrected chi connectivity index (χ2v) is 5.60. The Hall–Kier alpha value is -3.08. The van der Waals surface area contributed by atoms with Crippen molar-refractivity contribution in [2.24, 2.45) is 0 Å². The largest absolute Gasteiger partial charge is 0.481 e. The van der Waals surface area contributed by atoms with E-state index in [0.717, 1.165) is 33.1 Å². The number of aryl methyl sites for hydroxylation is 1. The Labute approximate surface area is 132 Å². The molecule has 2 aromatic carbocycles. The van der Waals surface area contributed by atoms with Crippen molar-refractivity contribution in [1.82, 2.24) is 14.5 Å². The first-order valence-corrected chi connectivity index (χ1v) is 7.45. The monoisotopic (exact) mass is 305 g/mol. The maximum Gasteiger partial charge on any atom is 0.303 e. The van der Waals surface area contributed by atoms with Crippen molar-refractivity contribution in [3.63, 3.8) is 0 Å². The highest BCUT2D eigenvalue weighted by molar-refractivity contribution is 6.08. The molecule has 0 spiro atoms. The Kier molecular flexibility index (Phi) is 3.12. The summed E-state index contributed by atoms with van der Waals surface area (Å²) in [6, 6.07) is 12.3. The Bertz CT molecular complexity index is 1000. The van der Waals surface area contributed by atoms with Gasteiger partial charge in [-0.25, -0.2) is 4.98 Å². The number of carbonyl (C=O) groups is 1. The molecule has 2 N–H and O–H groups in total. The molecule has 0 aliphatic heterocycles. The average molecular weight is 305 g/mol. The first-order chi connectivity index (χ1) is 11.2. The third-order valence-electron chi connectivity index (χ3n) is 4.08. The first-order valence-electron chi connectivity index (χ1n) is 7.45. The lowest BCUT2D eigenvalue weighted by Crippen LogP contribution is -1.97. The van der Waals surface area contributed by atoms with Crippen LogP contribution >= 0.6 is 0 Å². The normalized spacial score (nSPS) is 11.3. The fraction of sp³-hybridized carbons (Fsp3) is 0.111. The number of hydrogen-bond donors (Lipinski definition) is 2. The maximum atomic E-state index is 10.7. The highest BCUT2D eigenvalue weighted by Gasteiger charge is 2.07. The summed E-state index contributed by atoms with van der Waals surface area (Å²) in [4.78, 5) is 18.2. The van der Waals surface area contributed by atoms with Gasteiger partial charge in [0.05, 0.1) is 6.33 Å². The van der Waals surface area contributed by atoms with E-state index < -0.39 is 5.97 Å². The number of benzene rings is 2. The van der Waals surface area contributed by atoms with Crippen molar-refractivity contribution >= 4 is 27.8 Å². The van der Waals surface area contributed by atoms with Crippen molar-refractivity contribution < 1.29 is 9.90 Å². The van der Waals surface area contributed by atoms with Crippen LogP contribution in [-0.2, 0) is 11.2 Å². The molecule has 0 aliphatic rings. The van der Waals surface area contributed by atoms with Gasteiger partial charge in [-0.15, -0.1) is 0 Å². The molecule has 4 aromatic rings. The van der Waals surface area contributed by atoms with Gasteiger partial charge < -0.3 is 14.7 Å². The first kappa shape index (κ1) is 13.6. The van der Waals surface area contributed by atoms with Crippen molar-refractivity contribution in [2.75, 3.05) is 0 Å². The van der Waals surface area contributed by atoms with E-state index >= 15 is 0 Å². The standard InChI is InChI=1S/C18H15N3O2/c22-18(23)6-2-12-1-4-14-15-10-13(21-8-7-19-11-21)3-5-16(15)20-17(14)9-12/h1,3-5,7-11,20H,2,6H2,(H,22,23). The molecule has 0 fully saturated rings. The highest BCUT2D eigenvalue weighted by atomic mass is 16.4. The van der Waals surface area contributed by atoms with Gasteiger partial charge >= 0.3 is 5.97 Å². The van der Waals surface area contributed by atoms with Gasteiger partial charge in [-0.1, -0.05) is 12.1 Å². The minimum Gasteiger partial charge on any atom is -0.481 e. The van der Waals surface area contributed by atoms with Crippen molar-refractivity contribution in [3.05, 3.63) is 60.7 Å². The molecule has 5 nitrogen and oxygen atoms in total. The van der Waals surface area contributed by atoms with E-state index in [0.29, 0.717) is 6.42 Å². The number of imidazole rings is 1. The molecule has 2 aromatic heterocycles. The van der Waals surface area contributed by atoms with Gasteiger partial charge in [0.25, 0.3) is 0 Å². The summed E-state index contributed by atoms with van der Waals surface area (Å²) in [6.07, 6.45) is 6.14. The van der Waals surface area contributed by atoms with Gasteiger partial charge in [0.2, 0.25) is 0 Å². The summed E-state index contributed by atoms with van der Waals surface area (Å²) < 4.78 is 1.97. The summed E-state index contributed by atoms with van der Waals surface area (Å²) in [5.41, 5.74) is 4.19. The fourth-order valence-electron chi connectivity index (χ4n) is 2.92. The predicted octanol–water partition coefficient (Wildman–Crippen LogP) is 3.52. The average Bonchev–Trinajstić information content (AvgIpc) is 3.19. The van der Waals surface area contributed by atoms with Crippen LogP contribution in [0, 0.1) is 0 Å². The number of rotatable bonds is 4. The van der Waals surface area contributed by atoms with Gasteiger partial charge in [0.15, 0.2) is 0 Å². The van der Waals surface area contributed by atoms with Crippen LogP contribution in [0.25, 0.3) is 27.5 Å². The zero-order valence-electron chi connectivity index (χ0n) is 12.4. The molecule has 0 amide bonds. The number of aromatic amines is 1. The van der Waals surface area contributed by atoms with Gasteiger partial charge in [-0.05, 0) is 36.2 Å². The number of hydrogen-bond acceptors (Lipinski definition) is 2. The fourth-order valence-corrected chi connectivity index (χ4v) is 2.92. The molecule has 23 heavy (non-hydrogen) atoms. The van der Waals surface area contributed by atoms with Crippen molar-refractivity contribution in [1.29, 1.82) is 0 Å². The van der Waals surface area contributed by atoms with Crippen LogP contribution in [0.5, 0.6) is 0 Å².